The molecule has 0 unspecified atom stereocenters. The van der Waals surface area contributed by atoms with E-state index in [0.717, 1.165) is 17.8 Å². The van der Waals surface area contributed by atoms with E-state index < -0.39 is 35.5 Å². The van der Waals surface area contributed by atoms with Crippen LogP contribution in [0.3, 0.4) is 0 Å². The number of nitrogens with one attached hydrogen (secondary N) is 1. The van der Waals surface area contributed by atoms with Crippen molar-refractivity contribution in [2.24, 2.45) is 11.7 Å². The Balaban J connectivity index is 1.48. The number of rotatable bonds is 6. The van der Waals surface area contributed by atoms with Gasteiger partial charge in [0.1, 0.15) is 16.7 Å². The van der Waals surface area contributed by atoms with Crippen LogP contribution < -0.4 is 11.1 Å². The van der Waals surface area contributed by atoms with Crippen LogP contribution in [0.1, 0.15) is 55.7 Å². The third-order valence-electron chi connectivity index (χ3n) is 6.23. The van der Waals surface area contributed by atoms with Crippen molar-refractivity contribution in [1.29, 1.82) is 0 Å². The van der Waals surface area contributed by atoms with Gasteiger partial charge in [-0.1, -0.05) is 13.0 Å². The number of thiazole rings is 1. The van der Waals surface area contributed by atoms with Gasteiger partial charge >= 0.3 is 0 Å². The van der Waals surface area contributed by atoms with E-state index in [2.05, 4.69) is 10.3 Å². The maximum Gasteiger partial charge on any atom is 0.282 e. The first-order chi connectivity index (χ1) is 16.6. The lowest BCUT2D eigenvalue weighted by Crippen LogP contribution is -2.47. The summed E-state index contributed by atoms with van der Waals surface area (Å²) in [7, 11) is 1.53. The van der Waals surface area contributed by atoms with E-state index in [1.165, 1.54) is 30.1 Å². The molecule has 10 nitrogen and oxygen atoms in total. The summed E-state index contributed by atoms with van der Waals surface area (Å²) in [4.78, 5) is 56.3. The van der Waals surface area contributed by atoms with Crippen LogP contribution >= 0.6 is 11.3 Å². The SMILES string of the molecule is Cc1nc(C(=O)N(C)C[C@@H](C)C(=O)N[C@H]2C(=O)N3CCCN3Cc3cc(F)ccc32)sc1C(N)=O. The van der Waals surface area contributed by atoms with E-state index >= 15 is 0 Å². The number of carbonyl (C=O) groups excluding carboxylic acids is 4. The van der Waals surface area contributed by atoms with E-state index in [0.29, 0.717) is 36.5 Å². The summed E-state index contributed by atoms with van der Waals surface area (Å²) in [5, 5.41) is 6.41. The van der Waals surface area contributed by atoms with E-state index in [1.807, 2.05) is 5.01 Å². The summed E-state index contributed by atoms with van der Waals surface area (Å²) < 4.78 is 13.9. The van der Waals surface area contributed by atoms with E-state index in [1.54, 1.807) is 18.9 Å². The zero-order valence-corrected chi connectivity index (χ0v) is 20.5. The number of amides is 4. The van der Waals surface area contributed by atoms with Gasteiger partial charge in [0, 0.05) is 33.2 Å². The van der Waals surface area contributed by atoms with Crippen molar-refractivity contribution in [3.63, 3.8) is 0 Å². The summed E-state index contributed by atoms with van der Waals surface area (Å²) in [6, 6.07) is 3.27. The van der Waals surface area contributed by atoms with Gasteiger partial charge in [0.05, 0.1) is 11.6 Å². The minimum atomic E-state index is -0.954. The fourth-order valence-electron chi connectivity index (χ4n) is 4.43. The number of hydrogen-bond donors (Lipinski definition) is 2. The van der Waals surface area contributed by atoms with Crippen molar-refractivity contribution in [3.8, 4) is 0 Å². The number of halogens is 1. The Labute approximate surface area is 205 Å². The van der Waals surface area contributed by atoms with Crippen molar-refractivity contribution < 1.29 is 23.6 Å². The summed E-state index contributed by atoms with van der Waals surface area (Å²) in [5.41, 5.74) is 6.90. The normalized spacial score (nSPS) is 18.5. The molecule has 4 rings (SSSR count). The van der Waals surface area contributed by atoms with Crippen LogP contribution in [0.4, 0.5) is 4.39 Å². The quantitative estimate of drug-likeness (QED) is 0.611. The second-order valence-corrected chi connectivity index (χ2v) is 9.87. The number of primary amides is 1. The molecule has 2 aliphatic heterocycles. The minimum absolute atomic E-state index is 0.0578. The summed E-state index contributed by atoms with van der Waals surface area (Å²) in [5.74, 6) is -2.84. The largest absolute Gasteiger partial charge is 0.365 e. The molecule has 1 aromatic heterocycles. The molecule has 3 N–H and O–H groups in total. The van der Waals surface area contributed by atoms with Crippen molar-refractivity contribution in [3.05, 3.63) is 50.7 Å². The second kappa shape index (κ2) is 9.70. The van der Waals surface area contributed by atoms with Crippen LogP contribution in [-0.2, 0) is 16.1 Å². The molecule has 0 bridgehead atoms. The molecule has 1 aromatic carbocycles. The molecule has 186 valence electrons. The van der Waals surface area contributed by atoms with Gasteiger partial charge in [-0.05, 0) is 36.6 Å². The van der Waals surface area contributed by atoms with E-state index in [4.69, 9.17) is 5.73 Å². The first-order valence-electron chi connectivity index (χ1n) is 11.2. The fraction of sp³-hybridized carbons (Fsp3) is 0.435. The summed E-state index contributed by atoms with van der Waals surface area (Å²) in [6.45, 7) is 4.91. The average molecular weight is 503 g/mol. The first-order valence-corrected chi connectivity index (χ1v) is 12.1. The third kappa shape index (κ3) is 4.89. The second-order valence-electron chi connectivity index (χ2n) is 8.87. The van der Waals surface area contributed by atoms with Crippen molar-refractivity contribution >= 4 is 35.0 Å². The smallest absolute Gasteiger partial charge is 0.282 e. The number of hydrogen-bond acceptors (Lipinski definition) is 7. The average Bonchev–Trinajstić information content (AvgIpc) is 3.41. The highest BCUT2D eigenvalue weighted by Gasteiger charge is 2.39. The maximum absolute atomic E-state index is 13.9. The van der Waals surface area contributed by atoms with Gasteiger partial charge in [0.15, 0.2) is 5.01 Å². The van der Waals surface area contributed by atoms with Gasteiger partial charge in [0.25, 0.3) is 17.7 Å². The van der Waals surface area contributed by atoms with E-state index in [-0.39, 0.29) is 22.3 Å². The maximum atomic E-state index is 13.9. The summed E-state index contributed by atoms with van der Waals surface area (Å²) in [6.07, 6.45) is 0.800. The third-order valence-corrected chi connectivity index (χ3v) is 7.39. The standard InChI is InChI=1S/C23H27FN6O4S/c1-12(10-28(3)23(34)21-26-13(2)18(35-21)19(25)31)20(32)27-17-16-6-5-15(24)9-14(16)11-29-7-4-8-30(29)22(17)33/h5-6,9,12,17H,4,7-8,10-11H2,1-3H3,(H2,25,31)(H,27,32)/t12-,17-/m1/s1. The Morgan fingerprint density at radius 1 is 1.34 bits per heavy atom. The van der Waals surface area contributed by atoms with Crippen molar-refractivity contribution in [2.45, 2.75) is 32.9 Å². The molecule has 2 atom stereocenters. The molecule has 0 aliphatic carbocycles. The monoisotopic (exact) mass is 502 g/mol. The molecule has 1 fully saturated rings. The lowest BCUT2D eigenvalue weighted by atomic mass is 9.98. The molecule has 2 aromatic rings. The topological polar surface area (TPSA) is 129 Å². The van der Waals surface area contributed by atoms with Crippen LogP contribution in [-0.4, -0.2) is 70.2 Å². The van der Waals surface area contributed by atoms with Crippen LogP contribution in [0.5, 0.6) is 0 Å². The zero-order valence-electron chi connectivity index (χ0n) is 19.7. The highest BCUT2D eigenvalue weighted by atomic mass is 32.1. The highest BCUT2D eigenvalue weighted by Crippen LogP contribution is 2.30. The van der Waals surface area contributed by atoms with Gasteiger partial charge in [-0.25, -0.2) is 14.4 Å². The molecule has 2 aliphatic rings. The number of fused-ring (bicyclic) bond motifs is 2. The van der Waals surface area contributed by atoms with Gasteiger partial charge in [0.2, 0.25) is 5.91 Å². The highest BCUT2D eigenvalue weighted by molar-refractivity contribution is 7.15. The number of nitrogens with two attached hydrogens (primary N) is 1. The molecule has 0 saturated carbocycles. The Morgan fingerprint density at radius 3 is 2.77 bits per heavy atom. The number of aryl methyl sites for hydroxylation is 1. The van der Waals surface area contributed by atoms with Crippen LogP contribution in [0.2, 0.25) is 0 Å². The van der Waals surface area contributed by atoms with Gasteiger partial charge in [-0.2, -0.15) is 0 Å². The first kappa shape index (κ1) is 24.7. The van der Waals surface area contributed by atoms with Crippen LogP contribution in [0.15, 0.2) is 18.2 Å². The molecule has 4 amide bonds. The Kier molecular flexibility index (Phi) is 6.86. The molecule has 35 heavy (non-hydrogen) atoms. The molecule has 0 radical (unpaired) electrons. The van der Waals surface area contributed by atoms with E-state index in [9.17, 15) is 23.6 Å². The number of nitrogens with zero attached hydrogens (tertiary/aromatic N) is 4. The molecule has 0 spiro atoms. The number of aromatic nitrogens is 1. The zero-order chi connectivity index (χ0) is 25.4. The Hall–Kier alpha value is -3.38. The molecule has 3 heterocycles. The number of hydrazine groups is 1. The van der Waals surface area contributed by atoms with Gasteiger partial charge in [-0.15, -0.1) is 11.3 Å². The molecule has 1 saturated heterocycles. The van der Waals surface area contributed by atoms with Gasteiger partial charge < -0.3 is 16.0 Å². The number of carbonyl (C=O) groups is 4. The molecule has 12 heteroatoms. The minimum Gasteiger partial charge on any atom is -0.365 e. The molecular formula is C23H27FN6O4S. The predicted octanol–water partition coefficient (Wildman–Crippen LogP) is 1.22. The van der Waals surface area contributed by atoms with Crippen LogP contribution in [0.25, 0.3) is 0 Å². The fourth-order valence-corrected chi connectivity index (χ4v) is 5.34. The lowest BCUT2D eigenvalue weighted by Gasteiger charge is -2.28. The molecular weight excluding hydrogens is 475 g/mol. The summed E-state index contributed by atoms with van der Waals surface area (Å²) >= 11 is 0.910. The van der Waals surface area contributed by atoms with Crippen LogP contribution in [0, 0.1) is 18.7 Å². The van der Waals surface area contributed by atoms with Gasteiger partial charge in [-0.3, -0.25) is 24.2 Å². The Morgan fingerprint density at radius 2 is 2.09 bits per heavy atom. The Bertz CT molecular complexity index is 1200. The lowest BCUT2D eigenvalue weighted by molar-refractivity contribution is -0.148. The number of benzene rings is 1. The van der Waals surface area contributed by atoms with Crippen molar-refractivity contribution in [1.82, 2.24) is 25.2 Å². The predicted molar refractivity (Wildman–Crippen MR) is 126 cm³/mol. The van der Waals surface area contributed by atoms with Crippen molar-refractivity contribution in [2.75, 3.05) is 26.7 Å².